The van der Waals surface area contributed by atoms with E-state index in [0.29, 0.717) is 31.9 Å². The van der Waals surface area contributed by atoms with E-state index in [2.05, 4.69) is 5.32 Å². The van der Waals surface area contributed by atoms with E-state index in [1.165, 1.54) is 24.6 Å². The molecule has 25 heavy (non-hydrogen) atoms. The first-order chi connectivity index (χ1) is 12.1. The third-order valence-electron chi connectivity index (χ3n) is 3.94. The molecule has 1 aromatic heterocycles. The third-order valence-corrected chi connectivity index (χ3v) is 3.94. The summed E-state index contributed by atoms with van der Waals surface area (Å²) < 4.78 is 17.9. The molecule has 7 heteroatoms. The number of amides is 3. The summed E-state index contributed by atoms with van der Waals surface area (Å²) in [6, 6.07) is 9.02. The van der Waals surface area contributed by atoms with Gasteiger partial charge in [-0.05, 0) is 35.9 Å². The molecule has 0 radical (unpaired) electrons. The van der Waals surface area contributed by atoms with Crippen LogP contribution in [0.3, 0.4) is 0 Å². The Kier molecular flexibility index (Phi) is 5.13. The highest BCUT2D eigenvalue weighted by atomic mass is 19.1. The lowest BCUT2D eigenvalue weighted by molar-refractivity contribution is 0.0636. The summed E-state index contributed by atoms with van der Waals surface area (Å²) in [6.45, 7) is 1.80. The van der Waals surface area contributed by atoms with Gasteiger partial charge in [-0.2, -0.15) is 0 Å². The molecule has 1 fully saturated rings. The first-order valence-corrected chi connectivity index (χ1v) is 7.94. The molecule has 3 rings (SSSR count). The Bertz CT molecular complexity index is 748. The molecule has 1 aliphatic rings. The number of nitrogens with one attached hydrogen (secondary N) is 1. The fourth-order valence-electron chi connectivity index (χ4n) is 2.54. The SMILES string of the molecule is O=C(N/C=C/c1ccc(F)cc1)N1CCN(C(=O)c2ccco2)CC1. The minimum Gasteiger partial charge on any atom is -0.459 e. The Balaban J connectivity index is 1.46. The van der Waals surface area contributed by atoms with Crippen molar-refractivity contribution in [1.82, 2.24) is 15.1 Å². The molecule has 1 N–H and O–H groups in total. The summed E-state index contributed by atoms with van der Waals surface area (Å²) in [5, 5.41) is 2.68. The van der Waals surface area contributed by atoms with Crippen molar-refractivity contribution in [3.63, 3.8) is 0 Å². The number of piperazine rings is 1. The van der Waals surface area contributed by atoms with Gasteiger partial charge in [-0.1, -0.05) is 12.1 Å². The number of furan rings is 1. The largest absolute Gasteiger partial charge is 0.459 e. The van der Waals surface area contributed by atoms with E-state index in [1.807, 2.05) is 0 Å². The van der Waals surface area contributed by atoms with E-state index < -0.39 is 0 Å². The standard InChI is InChI=1S/C18H18FN3O3/c19-15-5-3-14(4-6-15)7-8-20-18(24)22-11-9-21(10-12-22)17(23)16-2-1-13-25-16/h1-8,13H,9-12H2,(H,20,24)/b8-7+. The predicted octanol–water partition coefficient (Wildman–Crippen LogP) is 2.56. The van der Waals surface area contributed by atoms with Crippen molar-refractivity contribution in [1.29, 1.82) is 0 Å². The summed E-state index contributed by atoms with van der Waals surface area (Å²) in [4.78, 5) is 27.6. The molecular formula is C18H18FN3O3. The van der Waals surface area contributed by atoms with Crippen molar-refractivity contribution < 1.29 is 18.4 Å². The zero-order valence-electron chi connectivity index (χ0n) is 13.5. The molecule has 2 heterocycles. The average Bonchev–Trinajstić information content (AvgIpc) is 3.17. The number of carbonyl (C=O) groups excluding carboxylic acids is 2. The van der Waals surface area contributed by atoms with Gasteiger partial charge < -0.3 is 19.5 Å². The smallest absolute Gasteiger partial charge is 0.321 e. The van der Waals surface area contributed by atoms with Crippen LogP contribution in [0.5, 0.6) is 0 Å². The molecule has 3 amide bonds. The van der Waals surface area contributed by atoms with Crippen LogP contribution in [0.2, 0.25) is 0 Å². The van der Waals surface area contributed by atoms with Crippen LogP contribution in [-0.2, 0) is 0 Å². The number of urea groups is 1. The van der Waals surface area contributed by atoms with E-state index in [4.69, 9.17) is 4.42 Å². The van der Waals surface area contributed by atoms with Crippen LogP contribution in [0, 0.1) is 5.82 Å². The molecule has 0 bridgehead atoms. The van der Waals surface area contributed by atoms with Gasteiger partial charge in [0.2, 0.25) is 0 Å². The van der Waals surface area contributed by atoms with E-state index in [1.54, 1.807) is 40.1 Å². The highest BCUT2D eigenvalue weighted by molar-refractivity contribution is 5.91. The van der Waals surface area contributed by atoms with Crippen LogP contribution in [0.15, 0.2) is 53.3 Å². The van der Waals surface area contributed by atoms with Crippen molar-refractivity contribution in [3.05, 3.63) is 66.0 Å². The molecule has 0 saturated carbocycles. The second-order valence-corrected chi connectivity index (χ2v) is 5.59. The first kappa shape index (κ1) is 16.8. The molecule has 1 aromatic carbocycles. The highest BCUT2D eigenvalue weighted by Crippen LogP contribution is 2.09. The third kappa shape index (κ3) is 4.26. The Morgan fingerprint density at radius 3 is 2.36 bits per heavy atom. The Hall–Kier alpha value is -3.09. The molecule has 0 aliphatic carbocycles. The number of hydrogen-bond donors (Lipinski definition) is 1. The average molecular weight is 343 g/mol. The highest BCUT2D eigenvalue weighted by Gasteiger charge is 2.25. The lowest BCUT2D eigenvalue weighted by Crippen LogP contribution is -2.52. The van der Waals surface area contributed by atoms with Crippen molar-refractivity contribution in [2.45, 2.75) is 0 Å². The maximum Gasteiger partial charge on any atom is 0.321 e. The quantitative estimate of drug-likeness (QED) is 0.931. The van der Waals surface area contributed by atoms with Crippen LogP contribution in [0.4, 0.5) is 9.18 Å². The number of carbonyl (C=O) groups is 2. The summed E-state index contributed by atoms with van der Waals surface area (Å²) in [5.74, 6) is -0.162. The topological polar surface area (TPSA) is 65.8 Å². The minimum atomic E-state index is -0.303. The Morgan fingerprint density at radius 1 is 1.04 bits per heavy atom. The van der Waals surface area contributed by atoms with Crippen LogP contribution in [0.1, 0.15) is 16.1 Å². The summed E-state index contributed by atoms with van der Waals surface area (Å²) >= 11 is 0. The van der Waals surface area contributed by atoms with E-state index in [9.17, 15) is 14.0 Å². The van der Waals surface area contributed by atoms with Crippen molar-refractivity contribution in [2.24, 2.45) is 0 Å². The zero-order chi connectivity index (χ0) is 17.6. The molecule has 2 aromatic rings. The van der Waals surface area contributed by atoms with Gasteiger partial charge >= 0.3 is 6.03 Å². The van der Waals surface area contributed by atoms with Crippen LogP contribution >= 0.6 is 0 Å². The predicted molar refractivity (Wildman–Crippen MR) is 90.2 cm³/mol. The fraction of sp³-hybridized carbons (Fsp3) is 0.222. The molecular weight excluding hydrogens is 325 g/mol. The van der Waals surface area contributed by atoms with E-state index >= 15 is 0 Å². The molecule has 130 valence electrons. The summed E-state index contributed by atoms with van der Waals surface area (Å²) in [5.41, 5.74) is 0.788. The lowest BCUT2D eigenvalue weighted by atomic mass is 10.2. The maximum absolute atomic E-state index is 12.8. The Morgan fingerprint density at radius 2 is 1.72 bits per heavy atom. The number of rotatable bonds is 3. The van der Waals surface area contributed by atoms with E-state index in [0.717, 1.165) is 5.56 Å². The van der Waals surface area contributed by atoms with Gasteiger partial charge in [-0.15, -0.1) is 0 Å². The number of halogens is 1. The monoisotopic (exact) mass is 343 g/mol. The second-order valence-electron chi connectivity index (χ2n) is 5.59. The summed E-state index contributed by atoms with van der Waals surface area (Å²) in [6.07, 6.45) is 4.67. The maximum atomic E-state index is 12.8. The molecule has 6 nitrogen and oxygen atoms in total. The van der Waals surface area contributed by atoms with Crippen molar-refractivity contribution in [3.8, 4) is 0 Å². The fourth-order valence-corrected chi connectivity index (χ4v) is 2.54. The van der Waals surface area contributed by atoms with Crippen molar-refractivity contribution >= 4 is 18.0 Å². The molecule has 0 spiro atoms. The van der Waals surface area contributed by atoms with Gasteiger partial charge in [-0.25, -0.2) is 9.18 Å². The van der Waals surface area contributed by atoms with E-state index in [-0.39, 0.29) is 17.8 Å². The van der Waals surface area contributed by atoms with Crippen LogP contribution in [0.25, 0.3) is 6.08 Å². The molecule has 1 saturated heterocycles. The first-order valence-electron chi connectivity index (χ1n) is 7.94. The number of benzene rings is 1. The molecule has 0 atom stereocenters. The van der Waals surface area contributed by atoms with Crippen LogP contribution in [-0.4, -0.2) is 47.9 Å². The van der Waals surface area contributed by atoms with Gasteiger partial charge in [0.05, 0.1) is 6.26 Å². The van der Waals surface area contributed by atoms with Gasteiger partial charge in [-0.3, -0.25) is 4.79 Å². The second kappa shape index (κ2) is 7.65. The lowest BCUT2D eigenvalue weighted by Gasteiger charge is -2.34. The normalized spacial score (nSPS) is 14.8. The van der Waals surface area contributed by atoms with Gasteiger partial charge in [0.1, 0.15) is 5.82 Å². The van der Waals surface area contributed by atoms with Crippen molar-refractivity contribution in [2.75, 3.05) is 26.2 Å². The van der Waals surface area contributed by atoms with Gasteiger partial charge in [0, 0.05) is 32.4 Å². The molecule has 1 aliphatic heterocycles. The minimum absolute atomic E-state index is 0.165. The molecule has 0 unspecified atom stereocenters. The summed E-state index contributed by atoms with van der Waals surface area (Å²) in [7, 11) is 0. The van der Waals surface area contributed by atoms with Crippen LogP contribution < -0.4 is 5.32 Å². The number of hydrogen-bond acceptors (Lipinski definition) is 3. The van der Waals surface area contributed by atoms with Gasteiger partial charge in [0.15, 0.2) is 5.76 Å². The number of nitrogens with zero attached hydrogens (tertiary/aromatic N) is 2. The zero-order valence-corrected chi connectivity index (χ0v) is 13.5. The Labute approximate surface area is 144 Å². The van der Waals surface area contributed by atoms with Gasteiger partial charge in [0.25, 0.3) is 5.91 Å².